The topological polar surface area (TPSA) is 75.4 Å². The number of nitrogens with one attached hydrogen (secondary N) is 1. The molecule has 5 nitrogen and oxygen atoms in total. The molecule has 1 saturated carbocycles. The van der Waals surface area contributed by atoms with Gasteiger partial charge >= 0.3 is 0 Å². The molecule has 0 aromatic heterocycles. The van der Waals surface area contributed by atoms with Crippen LogP contribution in [-0.4, -0.2) is 23.2 Å². The average Bonchev–Trinajstić information content (AvgIpc) is 3.10. The number of hydrogen-bond donors (Lipinski definition) is 2. The van der Waals surface area contributed by atoms with Crippen LogP contribution in [0.1, 0.15) is 12.8 Å². The van der Waals surface area contributed by atoms with Crippen molar-refractivity contribution in [3.05, 3.63) is 31.6 Å². The molecule has 0 saturated heterocycles. The van der Waals surface area contributed by atoms with Gasteiger partial charge in [0.1, 0.15) is 11.5 Å². The van der Waals surface area contributed by atoms with Gasteiger partial charge in [-0.3, -0.25) is 10.1 Å². The summed E-state index contributed by atoms with van der Waals surface area (Å²) in [4.78, 5) is 10.3. The molecule has 7 heteroatoms. The zero-order chi connectivity index (χ0) is 13.3. The Morgan fingerprint density at radius 3 is 2.72 bits per heavy atom. The van der Waals surface area contributed by atoms with Gasteiger partial charge in [-0.1, -0.05) is 0 Å². The average molecular weight is 366 g/mol. The van der Waals surface area contributed by atoms with Crippen molar-refractivity contribution < 1.29 is 14.4 Å². The van der Waals surface area contributed by atoms with E-state index in [1.165, 1.54) is 6.07 Å². The molecule has 1 fully saturated rings. The van der Waals surface area contributed by atoms with Gasteiger partial charge < -0.3 is 10.4 Å². The first-order valence-corrected chi connectivity index (χ1v) is 6.53. The van der Waals surface area contributed by atoms with Crippen molar-refractivity contribution in [1.82, 2.24) is 0 Å². The zero-order valence-corrected chi connectivity index (χ0v) is 11.6. The molecule has 2 N–H and O–H groups in total. The van der Waals surface area contributed by atoms with Crippen LogP contribution in [0, 0.1) is 24.9 Å². The quantitative estimate of drug-likeness (QED) is 0.477. The van der Waals surface area contributed by atoms with Gasteiger partial charge in [-0.2, -0.15) is 0 Å². The molecule has 18 heavy (non-hydrogen) atoms. The Hall–Kier alpha value is -0.960. The molecule has 0 aliphatic heterocycles. The zero-order valence-electron chi connectivity index (χ0n) is 9.45. The van der Waals surface area contributed by atoms with Crippen LogP contribution in [0.25, 0.3) is 0 Å². The fourth-order valence-corrected chi connectivity index (χ4v) is 2.13. The molecular weight excluding hydrogens is 354 g/mol. The summed E-state index contributed by atoms with van der Waals surface area (Å²) in [7, 11) is 0. The van der Waals surface area contributed by atoms with Crippen LogP contribution in [0.3, 0.4) is 0 Å². The van der Waals surface area contributed by atoms with E-state index in [1.54, 1.807) is 22.6 Å². The lowest BCUT2D eigenvalue weighted by molar-refractivity contribution is -0.384. The Bertz CT molecular complexity index is 491. The van der Waals surface area contributed by atoms with Gasteiger partial charge in [-0.15, -0.1) is 0 Å². The van der Waals surface area contributed by atoms with Crippen molar-refractivity contribution in [2.75, 3.05) is 18.5 Å². The molecule has 0 heterocycles. The molecule has 0 unspecified atom stereocenters. The van der Waals surface area contributed by atoms with Crippen LogP contribution < -0.4 is 5.32 Å². The predicted octanol–water partition coefficient (Wildman–Crippen LogP) is 2.52. The second-order valence-electron chi connectivity index (χ2n) is 4.55. The Morgan fingerprint density at radius 2 is 2.22 bits per heavy atom. The van der Waals surface area contributed by atoms with E-state index in [1.807, 2.05) is 0 Å². The monoisotopic (exact) mass is 366 g/mol. The first-order valence-electron chi connectivity index (χ1n) is 5.46. The van der Waals surface area contributed by atoms with Crippen LogP contribution in [0.5, 0.6) is 0 Å². The third-order valence-corrected chi connectivity index (χ3v) is 4.01. The van der Waals surface area contributed by atoms with E-state index in [0.717, 1.165) is 18.9 Å². The first-order chi connectivity index (χ1) is 8.47. The SMILES string of the molecule is O=[N+]([O-])c1cc(I)c(F)cc1NCC1(CO)CC1. The Morgan fingerprint density at radius 1 is 1.56 bits per heavy atom. The first kappa shape index (κ1) is 13.5. The molecule has 0 radical (unpaired) electrons. The van der Waals surface area contributed by atoms with Crippen molar-refractivity contribution in [2.45, 2.75) is 12.8 Å². The van der Waals surface area contributed by atoms with E-state index in [2.05, 4.69) is 5.32 Å². The second-order valence-corrected chi connectivity index (χ2v) is 5.71. The maximum Gasteiger partial charge on any atom is 0.293 e. The summed E-state index contributed by atoms with van der Waals surface area (Å²) >= 11 is 1.72. The van der Waals surface area contributed by atoms with E-state index in [9.17, 15) is 14.5 Å². The summed E-state index contributed by atoms with van der Waals surface area (Å²) in [5.41, 5.74) is -0.167. The normalized spacial score (nSPS) is 16.4. The summed E-state index contributed by atoms with van der Waals surface area (Å²) in [6, 6.07) is 2.34. The third kappa shape index (κ3) is 2.72. The van der Waals surface area contributed by atoms with Crippen LogP contribution in [0.15, 0.2) is 12.1 Å². The Kier molecular flexibility index (Phi) is 3.71. The van der Waals surface area contributed by atoms with Crippen molar-refractivity contribution in [3.63, 3.8) is 0 Å². The number of anilines is 1. The van der Waals surface area contributed by atoms with Crippen LogP contribution in [-0.2, 0) is 0 Å². The number of nitro groups is 1. The fourth-order valence-electron chi connectivity index (χ4n) is 1.68. The van der Waals surface area contributed by atoms with E-state index in [0.29, 0.717) is 6.54 Å². The van der Waals surface area contributed by atoms with Crippen LogP contribution in [0.2, 0.25) is 0 Å². The molecule has 1 aromatic carbocycles. The number of hydrogen-bond acceptors (Lipinski definition) is 4. The molecule has 1 aliphatic carbocycles. The number of rotatable bonds is 5. The van der Waals surface area contributed by atoms with Crippen LogP contribution in [0.4, 0.5) is 15.8 Å². The van der Waals surface area contributed by atoms with Gasteiger partial charge in [-0.25, -0.2) is 4.39 Å². The minimum absolute atomic E-state index is 0.0423. The minimum atomic E-state index is -0.539. The Labute approximate surface area is 117 Å². The summed E-state index contributed by atoms with van der Waals surface area (Å²) in [5, 5.41) is 22.9. The summed E-state index contributed by atoms with van der Waals surface area (Å²) in [6.45, 7) is 0.463. The minimum Gasteiger partial charge on any atom is -0.396 e. The van der Waals surface area contributed by atoms with Crippen LogP contribution >= 0.6 is 22.6 Å². The number of nitrogens with zero attached hydrogens (tertiary/aromatic N) is 1. The van der Waals surface area contributed by atoms with Gasteiger partial charge in [0, 0.05) is 24.1 Å². The molecule has 0 spiro atoms. The van der Waals surface area contributed by atoms with Crippen molar-refractivity contribution in [3.8, 4) is 0 Å². The van der Waals surface area contributed by atoms with Gasteiger partial charge in [0.15, 0.2) is 0 Å². The maximum atomic E-state index is 13.4. The molecule has 0 atom stereocenters. The van der Waals surface area contributed by atoms with Crippen molar-refractivity contribution in [1.29, 1.82) is 0 Å². The largest absolute Gasteiger partial charge is 0.396 e. The molecule has 0 bridgehead atoms. The summed E-state index contributed by atoms with van der Waals surface area (Å²) in [5.74, 6) is -0.488. The van der Waals surface area contributed by atoms with Crippen molar-refractivity contribution >= 4 is 34.0 Å². The maximum absolute atomic E-state index is 13.4. The molecule has 2 rings (SSSR count). The highest BCUT2D eigenvalue weighted by atomic mass is 127. The van der Waals surface area contributed by atoms with Gasteiger partial charge in [-0.05, 0) is 35.4 Å². The summed E-state index contributed by atoms with van der Waals surface area (Å²) in [6.07, 6.45) is 1.77. The number of benzene rings is 1. The molecule has 1 aliphatic rings. The lowest BCUT2D eigenvalue weighted by atomic mass is 10.1. The summed E-state index contributed by atoms with van der Waals surface area (Å²) < 4.78 is 13.6. The van der Waals surface area contributed by atoms with E-state index in [-0.39, 0.29) is 27.0 Å². The van der Waals surface area contributed by atoms with Gasteiger partial charge in [0.25, 0.3) is 5.69 Å². The number of aliphatic hydroxyl groups is 1. The van der Waals surface area contributed by atoms with Crippen molar-refractivity contribution in [2.24, 2.45) is 5.41 Å². The molecule has 0 amide bonds. The molecular formula is C11H12FIN2O3. The molecule has 1 aromatic rings. The molecule has 98 valence electrons. The Balaban J connectivity index is 2.20. The standard InChI is InChI=1S/C11H12FIN2O3/c12-7-3-9(10(15(17)18)4-8(7)13)14-5-11(6-16)1-2-11/h3-4,14,16H,1-2,5-6H2. The third-order valence-electron chi connectivity index (χ3n) is 3.18. The highest BCUT2D eigenvalue weighted by Gasteiger charge is 2.42. The number of aliphatic hydroxyl groups excluding tert-OH is 1. The smallest absolute Gasteiger partial charge is 0.293 e. The van der Waals surface area contributed by atoms with E-state index >= 15 is 0 Å². The van der Waals surface area contributed by atoms with E-state index in [4.69, 9.17) is 5.11 Å². The fraction of sp³-hybridized carbons (Fsp3) is 0.455. The highest BCUT2D eigenvalue weighted by Crippen LogP contribution is 2.45. The second kappa shape index (κ2) is 4.96. The number of halogens is 2. The lowest BCUT2D eigenvalue weighted by Crippen LogP contribution is -2.19. The van der Waals surface area contributed by atoms with Gasteiger partial charge in [0.05, 0.1) is 15.1 Å². The van der Waals surface area contributed by atoms with Gasteiger partial charge in [0.2, 0.25) is 0 Å². The predicted molar refractivity (Wildman–Crippen MR) is 73.0 cm³/mol. The lowest BCUT2D eigenvalue weighted by Gasteiger charge is -2.14. The van der Waals surface area contributed by atoms with E-state index < -0.39 is 10.7 Å². The highest BCUT2D eigenvalue weighted by molar-refractivity contribution is 14.1. The number of nitro benzene ring substituents is 1.